The Kier molecular flexibility index (Phi) is 5.43. The highest BCUT2D eigenvalue weighted by molar-refractivity contribution is 7.14. The van der Waals surface area contributed by atoms with E-state index in [1.807, 2.05) is 13.8 Å². The normalized spacial score (nSPS) is 10.6. The minimum atomic E-state index is -0.520. The molecular formula is C18H15FN2O3S2. The van der Waals surface area contributed by atoms with Crippen LogP contribution in [0.4, 0.5) is 9.52 Å². The molecule has 0 saturated carbocycles. The first-order valence-electron chi connectivity index (χ1n) is 7.68. The summed E-state index contributed by atoms with van der Waals surface area (Å²) >= 11 is 2.74. The third kappa shape index (κ3) is 4.33. The lowest BCUT2D eigenvalue weighted by molar-refractivity contribution is -0.119. The van der Waals surface area contributed by atoms with Crippen molar-refractivity contribution in [3.63, 3.8) is 0 Å². The van der Waals surface area contributed by atoms with Crippen molar-refractivity contribution < 1.29 is 18.7 Å². The van der Waals surface area contributed by atoms with Crippen LogP contribution in [-0.4, -0.2) is 23.5 Å². The van der Waals surface area contributed by atoms with Crippen molar-refractivity contribution in [2.24, 2.45) is 0 Å². The molecule has 0 saturated heterocycles. The minimum absolute atomic E-state index is 0.324. The van der Waals surface area contributed by atoms with Gasteiger partial charge in [0.2, 0.25) is 0 Å². The topological polar surface area (TPSA) is 68.3 Å². The molecule has 8 heteroatoms. The number of hydrogen-bond donors (Lipinski definition) is 1. The van der Waals surface area contributed by atoms with Crippen LogP contribution < -0.4 is 5.32 Å². The molecule has 2 heterocycles. The molecule has 0 fully saturated rings. The van der Waals surface area contributed by atoms with Gasteiger partial charge in [-0.2, -0.15) is 0 Å². The number of aromatic nitrogens is 1. The standard InChI is InChI=1S/C18H15FN2O3S2/c1-10-7-14(11(2)26-10)17(23)24-8-16(22)21-18-20-15(9-25-18)12-3-5-13(19)6-4-12/h3-7,9H,8H2,1-2H3,(H,20,21,22). The fourth-order valence-electron chi connectivity index (χ4n) is 2.28. The molecular weight excluding hydrogens is 375 g/mol. The molecule has 0 bridgehead atoms. The van der Waals surface area contributed by atoms with Crippen LogP contribution in [0.5, 0.6) is 0 Å². The number of amides is 1. The zero-order valence-electron chi connectivity index (χ0n) is 14.0. The molecule has 0 unspecified atom stereocenters. The second-order valence-electron chi connectivity index (χ2n) is 5.50. The monoisotopic (exact) mass is 390 g/mol. The molecule has 0 atom stereocenters. The van der Waals surface area contributed by atoms with Crippen LogP contribution in [0.2, 0.25) is 0 Å². The number of halogens is 1. The van der Waals surface area contributed by atoms with Crippen LogP contribution in [0.1, 0.15) is 20.1 Å². The van der Waals surface area contributed by atoms with E-state index in [1.165, 1.54) is 34.8 Å². The van der Waals surface area contributed by atoms with E-state index in [4.69, 9.17) is 4.74 Å². The number of ether oxygens (including phenoxy) is 1. The number of nitrogens with zero attached hydrogens (tertiary/aromatic N) is 1. The number of hydrogen-bond acceptors (Lipinski definition) is 6. The maximum atomic E-state index is 13.0. The molecule has 1 aromatic carbocycles. The van der Waals surface area contributed by atoms with Gasteiger partial charge in [0.05, 0.1) is 11.3 Å². The number of thiophene rings is 1. The lowest BCUT2D eigenvalue weighted by Gasteiger charge is -2.04. The zero-order chi connectivity index (χ0) is 18.7. The minimum Gasteiger partial charge on any atom is -0.452 e. The average molecular weight is 390 g/mol. The number of nitrogens with one attached hydrogen (secondary N) is 1. The van der Waals surface area contributed by atoms with Crippen molar-refractivity contribution in [2.45, 2.75) is 13.8 Å². The number of thiazole rings is 1. The van der Waals surface area contributed by atoms with Gasteiger partial charge in [-0.05, 0) is 44.2 Å². The van der Waals surface area contributed by atoms with Crippen LogP contribution in [0, 0.1) is 19.7 Å². The van der Waals surface area contributed by atoms with Crippen LogP contribution in [0.15, 0.2) is 35.7 Å². The molecule has 3 rings (SSSR count). The van der Waals surface area contributed by atoms with E-state index in [0.717, 1.165) is 15.3 Å². The first-order chi connectivity index (χ1) is 12.4. The van der Waals surface area contributed by atoms with Crippen molar-refractivity contribution in [2.75, 3.05) is 11.9 Å². The number of carbonyl (C=O) groups is 2. The molecule has 1 N–H and O–H groups in total. The van der Waals surface area contributed by atoms with Gasteiger partial charge in [0, 0.05) is 20.7 Å². The molecule has 2 aromatic heterocycles. The quantitative estimate of drug-likeness (QED) is 0.655. The predicted octanol–water partition coefficient (Wildman–Crippen LogP) is 4.42. The van der Waals surface area contributed by atoms with Gasteiger partial charge in [-0.1, -0.05) is 0 Å². The van der Waals surface area contributed by atoms with E-state index in [0.29, 0.717) is 16.4 Å². The van der Waals surface area contributed by atoms with Crippen molar-refractivity contribution in [1.29, 1.82) is 0 Å². The van der Waals surface area contributed by atoms with Gasteiger partial charge in [-0.15, -0.1) is 22.7 Å². The van der Waals surface area contributed by atoms with Crippen LogP contribution in [0.25, 0.3) is 11.3 Å². The molecule has 5 nitrogen and oxygen atoms in total. The summed E-state index contributed by atoms with van der Waals surface area (Å²) in [6, 6.07) is 7.67. The Labute approximate surface area is 157 Å². The van der Waals surface area contributed by atoms with Gasteiger partial charge in [-0.25, -0.2) is 14.2 Å². The van der Waals surface area contributed by atoms with Crippen LogP contribution >= 0.6 is 22.7 Å². The molecule has 26 heavy (non-hydrogen) atoms. The van der Waals surface area contributed by atoms with Crippen molar-refractivity contribution in [1.82, 2.24) is 4.98 Å². The third-order valence-electron chi connectivity index (χ3n) is 3.49. The summed E-state index contributed by atoms with van der Waals surface area (Å²) < 4.78 is 18.0. The van der Waals surface area contributed by atoms with Gasteiger partial charge in [0.25, 0.3) is 5.91 Å². The summed E-state index contributed by atoms with van der Waals surface area (Å²) in [5.74, 6) is -1.31. The molecule has 134 valence electrons. The number of carbonyl (C=O) groups excluding carboxylic acids is 2. The molecule has 1 amide bonds. The van der Waals surface area contributed by atoms with E-state index in [2.05, 4.69) is 10.3 Å². The number of anilines is 1. The fourth-order valence-corrected chi connectivity index (χ4v) is 3.93. The maximum absolute atomic E-state index is 13.0. The summed E-state index contributed by atoms with van der Waals surface area (Å²) in [5, 5.41) is 4.73. The Balaban J connectivity index is 1.56. The number of esters is 1. The van der Waals surface area contributed by atoms with Crippen molar-refractivity contribution in [3.8, 4) is 11.3 Å². The smallest absolute Gasteiger partial charge is 0.339 e. The Morgan fingerprint density at radius 3 is 2.62 bits per heavy atom. The molecule has 0 aliphatic rings. The van der Waals surface area contributed by atoms with Crippen molar-refractivity contribution in [3.05, 3.63) is 56.8 Å². The summed E-state index contributed by atoms with van der Waals surface area (Å²) in [6.07, 6.45) is 0. The van der Waals surface area contributed by atoms with Gasteiger partial charge in [0.1, 0.15) is 5.82 Å². The SMILES string of the molecule is Cc1cc(C(=O)OCC(=O)Nc2nc(-c3ccc(F)cc3)cs2)c(C)s1. The Morgan fingerprint density at radius 1 is 1.23 bits per heavy atom. The average Bonchev–Trinajstić information content (AvgIpc) is 3.19. The Hall–Kier alpha value is -2.58. The zero-order valence-corrected chi connectivity index (χ0v) is 15.7. The lowest BCUT2D eigenvalue weighted by Crippen LogP contribution is -2.20. The van der Waals surface area contributed by atoms with E-state index in [1.54, 1.807) is 23.6 Å². The number of rotatable bonds is 5. The lowest BCUT2D eigenvalue weighted by atomic mass is 10.2. The van der Waals surface area contributed by atoms with Gasteiger partial charge < -0.3 is 4.74 Å². The Bertz CT molecular complexity index is 948. The summed E-state index contributed by atoms with van der Waals surface area (Å²) in [7, 11) is 0. The van der Waals surface area contributed by atoms with Gasteiger partial charge in [0.15, 0.2) is 11.7 Å². The fraction of sp³-hybridized carbons (Fsp3) is 0.167. The van der Waals surface area contributed by atoms with E-state index >= 15 is 0 Å². The second kappa shape index (κ2) is 7.76. The highest BCUT2D eigenvalue weighted by Gasteiger charge is 2.15. The number of benzene rings is 1. The van der Waals surface area contributed by atoms with Crippen LogP contribution in [0.3, 0.4) is 0 Å². The summed E-state index contributed by atoms with van der Waals surface area (Å²) in [4.78, 5) is 30.1. The first-order valence-corrected chi connectivity index (χ1v) is 9.37. The van der Waals surface area contributed by atoms with Gasteiger partial charge in [-0.3, -0.25) is 10.1 Å². The van der Waals surface area contributed by atoms with Gasteiger partial charge >= 0.3 is 5.97 Å². The summed E-state index contributed by atoms with van der Waals surface area (Å²) in [5.41, 5.74) is 1.86. The largest absolute Gasteiger partial charge is 0.452 e. The molecule has 0 aliphatic heterocycles. The van der Waals surface area contributed by atoms with E-state index in [-0.39, 0.29) is 5.82 Å². The third-order valence-corrected chi connectivity index (χ3v) is 5.21. The highest BCUT2D eigenvalue weighted by Crippen LogP contribution is 2.25. The molecule has 0 aliphatic carbocycles. The number of aryl methyl sites for hydroxylation is 2. The molecule has 0 radical (unpaired) electrons. The first kappa shape index (κ1) is 18.2. The molecule has 0 spiro atoms. The summed E-state index contributed by atoms with van der Waals surface area (Å²) in [6.45, 7) is 3.35. The van der Waals surface area contributed by atoms with E-state index in [9.17, 15) is 14.0 Å². The van der Waals surface area contributed by atoms with Crippen LogP contribution in [-0.2, 0) is 9.53 Å². The van der Waals surface area contributed by atoms with Crippen molar-refractivity contribution >= 4 is 39.7 Å². The van der Waals surface area contributed by atoms with E-state index < -0.39 is 18.5 Å². The predicted molar refractivity (Wildman–Crippen MR) is 100 cm³/mol. The maximum Gasteiger partial charge on any atom is 0.339 e. The Morgan fingerprint density at radius 2 is 1.96 bits per heavy atom. The molecule has 3 aromatic rings. The second-order valence-corrected chi connectivity index (χ2v) is 7.81. The highest BCUT2D eigenvalue weighted by atomic mass is 32.1.